The van der Waals surface area contributed by atoms with E-state index in [-0.39, 0.29) is 0 Å². The molecule has 0 aliphatic carbocycles. The van der Waals surface area contributed by atoms with Crippen LogP contribution in [0.5, 0.6) is 0 Å². The van der Waals surface area contributed by atoms with Gasteiger partial charge in [0.2, 0.25) is 5.95 Å². The van der Waals surface area contributed by atoms with Gasteiger partial charge < -0.3 is 10.2 Å². The molecule has 0 radical (unpaired) electrons. The maximum atomic E-state index is 4.50. The summed E-state index contributed by atoms with van der Waals surface area (Å²) in [6.45, 7) is 3.86. The summed E-state index contributed by atoms with van der Waals surface area (Å²) in [5.41, 5.74) is 0.960. The monoisotopic (exact) mass is 230 g/mol. The summed E-state index contributed by atoms with van der Waals surface area (Å²) in [5.74, 6) is 1.54. The number of nitrogens with zero attached hydrogens (tertiary/aromatic N) is 4. The highest BCUT2D eigenvalue weighted by atomic mass is 15.4. The summed E-state index contributed by atoms with van der Waals surface area (Å²) in [5, 5.41) is 10.5. The number of H-pyrrole nitrogens is 1. The summed E-state index contributed by atoms with van der Waals surface area (Å²) < 4.78 is 0. The van der Waals surface area contributed by atoms with Crippen molar-refractivity contribution in [3.05, 3.63) is 24.5 Å². The molecule has 2 N–H and O–H groups in total. The molecule has 6 heteroatoms. The van der Waals surface area contributed by atoms with E-state index in [0.717, 1.165) is 43.5 Å². The van der Waals surface area contributed by atoms with Crippen molar-refractivity contribution < 1.29 is 0 Å². The number of hydrogen-bond donors (Lipinski definition) is 2. The Morgan fingerprint density at radius 3 is 2.88 bits per heavy atom. The molecule has 0 saturated carbocycles. The van der Waals surface area contributed by atoms with Gasteiger partial charge in [0.1, 0.15) is 0 Å². The van der Waals surface area contributed by atoms with E-state index in [9.17, 15) is 0 Å². The molecule has 0 aromatic carbocycles. The van der Waals surface area contributed by atoms with Gasteiger partial charge in [0.05, 0.1) is 0 Å². The molecule has 1 saturated heterocycles. The average molecular weight is 230 g/mol. The van der Waals surface area contributed by atoms with E-state index in [4.69, 9.17) is 0 Å². The number of anilines is 1. The van der Waals surface area contributed by atoms with Crippen LogP contribution in [0, 0.1) is 0 Å². The summed E-state index contributed by atoms with van der Waals surface area (Å²) in [4.78, 5) is 10.7. The first kappa shape index (κ1) is 10.2. The lowest BCUT2D eigenvalue weighted by Crippen LogP contribution is -2.44. The van der Waals surface area contributed by atoms with Gasteiger partial charge in [-0.15, -0.1) is 5.10 Å². The van der Waals surface area contributed by atoms with Crippen molar-refractivity contribution in [3.63, 3.8) is 0 Å². The Labute approximate surface area is 99.1 Å². The van der Waals surface area contributed by atoms with Gasteiger partial charge in [-0.05, 0) is 12.1 Å². The molecule has 3 heterocycles. The van der Waals surface area contributed by atoms with E-state index in [1.807, 2.05) is 12.1 Å². The first-order valence-electron chi connectivity index (χ1n) is 5.72. The number of hydrogen-bond acceptors (Lipinski definition) is 5. The lowest BCUT2D eigenvalue weighted by atomic mass is 10.3. The Bertz CT molecular complexity index is 474. The van der Waals surface area contributed by atoms with Gasteiger partial charge in [-0.3, -0.25) is 10.1 Å². The van der Waals surface area contributed by atoms with Crippen LogP contribution >= 0.6 is 0 Å². The van der Waals surface area contributed by atoms with E-state index in [1.54, 1.807) is 12.4 Å². The number of rotatable bonds is 2. The van der Waals surface area contributed by atoms with E-state index < -0.39 is 0 Å². The lowest BCUT2D eigenvalue weighted by molar-refractivity contribution is 0.580. The van der Waals surface area contributed by atoms with Gasteiger partial charge in [0.15, 0.2) is 5.82 Å². The molecular weight excluding hydrogens is 216 g/mol. The van der Waals surface area contributed by atoms with Crippen LogP contribution in [-0.2, 0) is 0 Å². The lowest BCUT2D eigenvalue weighted by Gasteiger charge is -2.25. The minimum absolute atomic E-state index is 0.769. The van der Waals surface area contributed by atoms with Crippen molar-refractivity contribution in [2.24, 2.45) is 0 Å². The van der Waals surface area contributed by atoms with Gasteiger partial charge in [-0.25, -0.2) is 0 Å². The Balaban J connectivity index is 1.83. The fourth-order valence-corrected chi connectivity index (χ4v) is 1.89. The molecule has 6 nitrogen and oxygen atoms in total. The second-order valence-corrected chi connectivity index (χ2v) is 3.96. The summed E-state index contributed by atoms with van der Waals surface area (Å²) in [6.07, 6.45) is 3.53. The molecule has 1 aliphatic heterocycles. The number of aromatic amines is 1. The van der Waals surface area contributed by atoms with E-state index in [1.165, 1.54) is 0 Å². The van der Waals surface area contributed by atoms with Crippen LogP contribution in [0.2, 0.25) is 0 Å². The summed E-state index contributed by atoms with van der Waals surface area (Å²) in [6, 6.07) is 3.86. The predicted octanol–water partition coefficient (Wildman–Crippen LogP) is 0.276. The molecule has 0 amide bonds. The zero-order valence-corrected chi connectivity index (χ0v) is 9.43. The third-order valence-corrected chi connectivity index (χ3v) is 2.81. The molecular formula is C11H14N6. The van der Waals surface area contributed by atoms with Gasteiger partial charge >= 0.3 is 0 Å². The second kappa shape index (κ2) is 4.50. The maximum Gasteiger partial charge on any atom is 0.245 e. The van der Waals surface area contributed by atoms with E-state index in [0.29, 0.717) is 0 Å². The van der Waals surface area contributed by atoms with Crippen LogP contribution in [0.4, 0.5) is 5.95 Å². The number of aromatic nitrogens is 4. The topological polar surface area (TPSA) is 69.7 Å². The average Bonchev–Trinajstić information content (AvgIpc) is 2.90. The molecule has 0 atom stereocenters. The first-order chi connectivity index (χ1) is 8.43. The molecule has 2 aromatic rings. The largest absolute Gasteiger partial charge is 0.337 e. The molecule has 17 heavy (non-hydrogen) atoms. The number of nitrogens with one attached hydrogen (secondary N) is 2. The highest BCUT2D eigenvalue weighted by Gasteiger charge is 2.15. The van der Waals surface area contributed by atoms with Crippen molar-refractivity contribution in [1.29, 1.82) is 0 Å². The SMILES string of the molecule is c1cncc(-c2nc(N3CCNCC3)n[nH]2)c1. The minimum Gasteiger partial charge on any atom is -0.337 e. The van der Waals surface area contributed by atoms with Gasteiger partial charge in [0, 0.05) is 44.1 Å². The molecule has 88 valence electrons. The third-order valence-electron chi connectivity index (χ3n) is 2.81. The van der Waals surface area contributed by atoms with Gasteiger partial charge in [-0.1, -0.05) is 0 Å². The van der Waals surface area contributed by atoms with Gasteiger partial charge in [0.25, 0.3) is 0 Å². The van der Waals surface area contributed by atoms with Crippen LogP contribution in [0.3, 0.4) is 0 Å². The molecule has 0 bridgehead atoms. The Morgan fingerprint density at radius 1 is 1.24 bits per heavy atom. The van der Waals surface area contributed by atoms with Crippen LogP contribution in [0.15, 0.2) is 24.5 Å². The maximum absolute atomic E-state index is 4.50. The van der Waals surface area contributed by atoms with E-state index in [2.05, 4.69) is 30.4 Å². The minimum atomic E-state index is 0.769. The van der Waals surface area contributed by atoms with Crippen molar-refractivity contribution in [3.8, 4) is 11.4 Å². The summed E-state index contributed by atoms with van der Waals surface area (Å²) >= 11 is 0. The fourth-order valence-electron chi connectivity index (χ4n) is 1.89. The highest BCUT2D eigenvalue weighted by molar-refractivity contribution is 5.54. The summed E-state index contributed by atoms with van der Waals surface area (Å²) in [7, 11) is 0. The van der Waals surface area contributed by atoms with Crippen LogP contribution in [0.25, 0.3) is 11.4 Å². The first-order valence-corrected chi connectivity index (χ1v) is 5.72. The zero-order chi connectivity index (χ0) is 11.5. The fraction of sp³-hybridized carbons (Fsp3) is 0.364. The Hall–Kier alpha value is -1.95. The predicted molar refractivity (Wildman–Crippen MR) is 64.7 cm³/mol. The van der Waals surface area contributed by atoms with Crippen LogP contribution < -0.4 is 10.2 Å². The van der Waals surface area contributed by atoms with Gasteiger partial charge in [-0.2, -0.15) is 4.98 Å². The van der Waals surface area contributed by atoms with E-state index >= 15 is 0 Å². The van der Waals surface area contributed by atoms with Crippen molar-refractivity contribution >= 4 is 5.95 Å². The molecule has 0 unspecified atom stereocenters. The molecule has 3 rings (SSSR count). The molecule has 2 aromatic heterocycles. The van der Waals surface area contributed by atoms with Crippen LogP contribution in [-0.4, -0.2) is 46.3 Å². The second-order valence-electron chi connectivity index (χ2n) is 3.96. The normalized spacial score (nSPS) is 16.1. The molecule has 0 spiro atoms. The quantitative estimate of drug-likeness (QED) is 0.775. The standard InChI is InChI=1S/C11H14N6/c1-2-9(8-13-3-1)10-14-11(16-15-10)17-6-4-12-5-7-17/h1-3,8,12H,4-7H2,(H,14,15,16). The zero-order valence-electron chi connectivity index (χ0n) is 9.43. The van der Waals surface area contributed by atoms with Crippen molar-refractivity contribution in [2.75, 3.05) is 31.1 Å². The smallest absolute Gasteiger partial charge is 0.245 e. The highest BCUT2D eigenvalue weighted by Crippen LogP contribution is 2.16. The van der Waals surface area contributed by atoms with Crippen molar-refractivity contribution in [2.45, 2.75) is 0 Å². The number of piperazine rings is 1. The molecule has 1 fully saturated rings. The third kappa shape index (κ3) is 2.12. The Morgan fingerprint density at radius 2 is 2.12 bits per heavy atom. The molecule has 1 aliphatic rings. The number of pyridine rings is 1. The van der Waals surface area contributed by atoms with Crippen LogP contribution in [0.1, 0.15) is 0 Å². The van der Waals surface area contributed by atoms with Crippen molar-refractivity contribution in [1.82, 2.24) is 25.5 Å². The Kier molecular flexibility index (Phi) is 2.71.